The summed E-state index contributed by atoms with van der Waals surface area (Å²) in [5.74, 6) is -1.01. The van der Waals surface area contributed by atoms with Gasteiger partial charge in [-0.15, -0.1) is 0 Å². The molecular formula is C20H17FO4. The van der Waals surface area contributed by atoms with Crippen molar-refractivity contribution in [3.8, 4) is 0 Å². The van der Waals surface area contributed by atoms with Gasteiger partial charge in [-0.25, -0.2) is 9.18 Å². The SMILES string of the molecule is CCc1ccc2c(COC(=O)Cc3ccccc3F)cc(=O)oc2c1. The highest BCUT2D eigenvalue weighted by molar-refractivity contribution is 5.81. The van der Waals surface area contributed by atoms with E-state index in [2.05, 4.69) is 0 Å². The number of benzene rings is 2. The van der Waals surface area contributed by atoms with Gasteiger partial charge in [-0.2, -0.15) is 0 Å². The number of rotatable bonds is 5. The van der Waals surface area contributed by atoms with E-state index in [9.17, 15) is 14.0 Å². The summed E-state index contributed by atoms with van der Waals surface area (Å²) in [5, 5.41) is 0.718. The number of hydrogen-bond donors (Lipinski definition) is 0. The Morgan fingerprint density at radius 1 is 1.12 bits per heavy atom. The Kier molecular flexibility index (Phi) is 4.93. The zero-order valence-corrected chi connectivity index (χ0v) is 13.8. The largest absolute Gasteiger partial charge is 0.461 e. The first-order valence-electron chi connectivity index (χ1n) is 8.01. The van der Waals surface area contributed by atoms with Crippen LogP contribution >= 0.6 is 0 Å². The third-order valence-electron chi connectivity index (χ3n) is 3.98. The van der Waals surface area contributed by atoms with Crippen LogP contribution in [-0.2, 0) is 29.0 Å². The molecule has 0 saturated carbocycles. The quantitative estimate of drug-likeness (QED) is 0.524. The molecule has 0 aliphatic carbocycles. The van der Waals surface area contributed by atoms with E-state index in [0.717, 1.165) is 17.4 Å². The Labute approximate surface area is 143 Å². The second-order valence-electron chi connectivity index (χ2n) is 5.70. The normalized spacial score (nSPS) is 10.8. The Bertz CT molecular complexity index is 975. The molecular weight excluding hydrogens is 323 g/mol. The number of halogens is 1. The summed E-state index contributed by atoms with van der Waals surface area (Å²) in [5.41, 5.74) is 1.85. The van der Waals surface area contributed by atoms with E-state index in [1.165, 1.54) is 18.2 Å². The fraction of sp³-hybridized carbons (Fsp3) is 0.200. The van der Waals surface area contributed by atoms with Crippen molar-refractivity contribution in [1.29, 1.82) is 0 Å². The van der Waals surface area contributed by atoms with Gasteiger partial charge < -0.3 is 9.15 Å². The van der Waals surface area contributed by atoms with Crippen LogP contribution in [0.1, 0.15) is 23.6 Å². The maximum atomic E-state index is 13.6. The van der Waals surface area contributed by atoms with E-state index >= 15 is 0 Å². The summed E-state index contributed by atoms with van der Waals surface area (Å²) in [6, 6.07) is 13.0. The molecule has 4 nitrogen and oxygen atoms in total. The molecule has 0 atom stereocenters. The van der Waals surface area contributed by atoms with Gasteiger partial charge in [0, 0.05) is 17.0 Å². The fourth-order valence-electron chi connectivity index (χ4n) is 2.62. The molecule has 3 rings (SSSR count). The van der Waals surface area contributed by atoms with Crippen LogP contribution in [0.4, 0.5) is 4.39 Å². The average Bonchev–Trinajstić information content (AvgIpc) is 2.61. The minimum Gasteiger partial charge on any atom is -0.461 e. The molecule has 5 heteroatoms. The van der Waals surface area contributed by atoms with Crippen LogP contribution in [0, 0.1) is 5.82 Å². The van der Waals surface area contributed by atoms with Crippen molar-refractivity contribution < 1.29 is 18.3 Å². The Hall–Kier alpha value is -2.95. The lowest BCUT2D eigenvalue weighted by molar-refractivity contribution is -0.144. The van der Waals surface area contributed by atoms with Crippen LogP contribution in [0.15, 0.2) is 57.7 Å². The van der Waals surface area contributed by atoms with E-state index in [-0.39, 0.29) is 18.6 Å². The molecule has 0 aliphatic rings. The maximum Gasteiger partial charge on any atom is 0.336 e. The number of fused-ring (bicyclic) bond motifs is 1. The second kappa shape index (κ2) is 7.30. The zero-order valence-electron chi connectivity index (χ0n) is 13.8. The first kappa shape index (κ1) is 16.9. The van der Waals surface area contributed by atoms with Crippen LogP contribution in [0.3, 0.4) is 0 Å². The second-order valence-corrected chi connectivity index (χ2v) is 5.70. The van der Waals surface area contributed by atoms with Crippen LogP contribution < -0.4 is 5.63 Å². The molecule has 2 aromatic carbocycles. The van der Waals surface area contributed by atoms with E-state index in [0.29, 0.717) is 11.1 Å². The number of ether oxygens (including phenoxy) is 1. The molecule has 0 unspecified atom stereocenters. The molecule has 1 aromatic heterocycles. The van der Waals surface area contributed by atoms with Crippen molar-refractivity contribution in [3.63, 3.8) is 0 Å². The minimum absolute atomic E-state index is 0.0686. The minimum atomic E-state index is -0.559. The summed E-state index contributed by atoms with van der Waals surface area (Å²) in [6.07, 6.45) is 0.660. The molecule has 0 spiro atoms. The third-order valence-corrected chi connectivity index (χ3v) is 3.98. The van der Waals surface area contributed by atoms with Crippen LogP contribution in [0.2, 0.25) is 0 Å². The van der Waals surface area contributed by atoms with Gasteiger partial charge in [0.1, 0.15) is 18.0 Å². The van der Waals surface area contributed by atoms with Crippen molar-refractivity contribution in [2.24, 2.45) is 0 Å². The van der Waals surface area contributed by atoms with Crippen molar-refractivity contribution in [1.82, 2.24) is 0 Å². The van der Waals surface area contributed by atoms with E-state index in [4.69, 9.17) is 9.15 Å². The molecule has 0 N–H and O–H groups in total. The molecule has 0 radical (unpaired) electrons. The highest BCUT2D eigenvalue weighted by Crippen LogP contribution is 2.20. The van der Waals surface area contributed by atoms with E-state index < -0.39 is 17.4 Å². The molecule has 128 valence electrons. The summed E-state index contributed by atoms with van der Waals surface area (Å²) >= 11 is 0. The standard InChI is InChI=1S/C20H17FO4/c1-2-13-7-8-16-15(11-20(23)25-18(16)9-13)12-24-19(22)10-14-5-3-4-6-17(14)21/h3-9,11H,2,10,12H2,1H3. The molecule has 0 bridgehead atoms. The van der Waals surface area contributed by atoms with E-state index in [1.807, 2.05) is 19.1 Å². The van der Waals surface area contributed by atoms with Gasteiger partial charge in [0.05, 0.1) is 6.42 Å². The molecule has 0 saturated heterocycles. The Morgan fingerprint density at radius 3 is 2.68 bits per heavy atom. The Balaban J connectivity index is 1.78. The van der Waals surface area contributed by atoms with Gasteiger partial charge in [0.15, 0.2) is 0 Å². The fourth-order valence-corrected chi connectivity index (χ4v) is 2.62. The highest BCUT2D eigenvalue weighted by Gasteiger charge is 2.12. The molecule has 0 aliphatic heterocycles. The lowest BCUT2D eigenvalue weighted by Gasteiger charge is -2.08. The molecule has 0 fully saturated rings. The van der Waals surface area contributed by atoms with Crippen LogP contribution in [0.25, 0.3) is 11.0 Å². The highest BCUT2D eigenvalue weighted by atomic mass is 19.1. The number of carbonyl (C=O) groups excluding carboxylic acids is 1. The van der Waals surface area contributed by atoms with Crippen LogP contribution in [0.5, 0.6) is 0 Å². The average molecular weight is 340 g/mol. The number of carbonyl (C=O) groups is 1. The lowest BCUT2D eigenvalue weighted by Crippen LogP contribution is -2.10. The van der Waals surface area contributed by atoms with Gasteiger partial charge in [-0.05, 0) is 29.7 Å². The molecule has 25 heavy (non-hydrogen) atoms. The predicted octanol–water partition coefficient (Wildman–Crippen LogP) is 3.78. The summed E-state index contributed by atoms with van der Waals surface area (Å²) < 4.78 is 24.0. The topological polar surface area (TPSA) is 56.5 Å². The smallest absolute Gasteiger partial charge is 0.336 e. The third kappa shape index (κ3) is 3.94. The van der Waals surface area contributed by atoms with Gasteiger partial charge in [0.2, 0.25) is 0 Å². The lowest BCUT2D eigenvalue weighted by atomic mass is 10.1. The summed E-state index contributed by atoms with van der Waals surface area (Å²) in [6.45, 7) is 1.94. The number of esters is 1. The van der Waals surface area contributed by atoms with E-state index in [1.54, 1.807) is 18.2 Å². The van der Waals surface area contributed by atoms with Gasteiger partial charge in [0.25, 0.3) is 0 Å². The molecule has 0 amide bonds. The monoisotopic (exact) mass is 340 g/mol. The van der Waals surface area contributed by atoms with Crippen LogP contribution in [-0.4, -0.2) is 5.97 Å². The van der Waals surface area contributed by atoms with Crippen molar-refractivity contribution in [2.45, 2.75) is 26.4 Å². The van der Waals surface area contributed by atoms with Crippen molar-refractivity contribution in [3.05, 3.63) is 81.5 Å². The number of aryl methyl sites for hydroxylation is 1. The summed E-state index contributed by atoms with van der Waals surface area (Å²) in [7, 11) is 0. The first-order chi connectivity index (χ1) is 12.1. The van der Waals surface area contributed by atoms with Crippen molar-refractivity contribution >= 4 is 16.9 Å². The van der Waals surface area contributed by atoms with Gasteiger partial charge in [-0.1, -0.05) is 37.3 Å². The van der Waals surface area contributed by atoms with Crippen molar-refractivity contribution in [2.75, 3.05) is 0 Å². The summed E-state index contributed by atoms with van der Waals surface area (Å²) in [4.78, 5) is 23.7. The van der Waals surface area contributed by atoms with Gasteiger partial charge in [-0.3, -0.25) is 4.79 Å². The molecule has 3 aromatic rings. The number of hydrogen-bond acceptors (Lipinski definition) is 4. The van der Waals surface area contributed by atoms with Gasteiger partial charge >= 0.3 is 11.6 Å². The Morgan fingerprint density at radius 2 is 1.92 bits per heavy atom. The first-order valence-corrected chi connectivity index (χ1v) is 8.01. The molecule has 1 heterocycles. The predicted molar refractivity (Wildman–Crippen MR) is 91.8 cm³/mol. The maximum absolute atomic E-state index is 13.6. The zero-order chi connectivity index (χ0) is 17.8.